The Labute approximate surface area is 81.3 Å². The molecule has 2 aromatic heterocycles. The molecule has 0 aromatic carbocycles. The third kappa shape index (κ3) is 1.54. The van der Waals surface area contributed by atoms with Crippen molar-refractivity contribution in [3.8, 4) is 0 Å². The van der Waals surface area contributed by atoms with Crippen LogP contribution in [0.3, 0.4) is 0 Å². The molecule has 14 heavy (non-hydrogen) atoms. The van der Waals surface area contributed by atoms with Crippen LogP contribution in [0.2, 0.25) is 0 Å². The van der Waals surface area contributed by atoms with Crippen molar-refractivity contribution in [2.75, 3.05) is 19.5 Å². The average Bonchev–Trinajstić information content (AvgIpc) is 2.63. The summed E-state index contributed by atoms with van der Waals surface area (Å²) in [6.45, 7) is 0.603. The zero-order valence-corrected chi connectivity index (χ0v) is 7.95. The molecule has 0 aliphatic carbocycles. The van der Waals surface area contributed by atoms with E-state index in [1.165, 1.54) is 0 Å². The molecule has 3 N–H and O–H groups in total. The van der Waals surface area contributed by atoms with E-state index in [9.17, 15) is 0 Å². The van der Waals surface area contributed by atoms with Crippen molar-refractivity contribution in [2.24, 2.45) is 0 Å². The fraction of sp³-hybridized carbons (Fsp3) is 0.333. The van der Waals surface area contributed by atoms with Crippen LogP contribution in [-0.2, 0) is 11.2 Å². The zero-order chi connectivity index (χ0) is 9.97. The summed E-state index contributed by atoms with van der Waals surface area (Å²) in [6, 6.07) is 1.87. The first kappa shape index (κ1) is 8.96. The van der Waals surface area contributed by atoms with Gasteiger partial charge in [0.2, 0.25) is 0 Å². The minimum Gasteiger partial charge on any atom is -0.384 e. The molecule has 2 aromatic rings. The number of nitrogens with zero attached hydrogens (tertiary/aromatic N) is 2. The van der Waals surface area contributed by atoms with E-state index in [-0.39, 0.29) is 0 Å². The molecular weight excluding hydrogens is 180 g/mol. The number of hydrogen-bond acceptors (Lipinski definition) is 4. The Morgan fingerprint density at radius 3 is 3.14 bits per heavy atom. The summed E-state index contributed by atoms with van der Waals surface area (Å²) >= 11 is 0. The van der Waals surface area contributed by atoms with Gasteiger partial charge in [-0.25, -0.2) is 9.97 Å². The van der Waals surface area contributed by atoms with Crippen LogP contribution in [0.15, 0.2) is 12.3 Å². The normalized spacial score (nSPS) is 10.9. The number of ether oxygens (including phenoxy) is 1. The number of hydrogen-bond donors (Lipinski definition) is 2. The number of nitrogens with one attached hydrogen (secondary N) is 1. The number of rotatable bonds is 3. The number of methoxy groups -OCH3 is 1. The standard InChI is InChI=1S/C9H12N4O/c1-14-5-3-7-12-8(10)6-2-4-11-9(6)13-7/h2,4H,3,5H2,1H3,(H3,10,11,12,13). The van der Waals surface area contributed by atoms with Gasteiger partial charge in [-0.1, -0.05) is 0 Å². The lowest BCUT2D eigenvalue weighted by Crippen LogP contribution is -2.03. The lowest BCUT2D eigenvalue weighted by molar-refractivity contribution is 0.200. The first-order chi connectivity index (χ1) is 6.81. The van der Waals surface area contributed by atoms with Crippen LogP contribution in [0.4, 0.5) is 5.82 Å². The van der Waals surface area contributed by atoms with Crippen molar-refractivity contribution in [2.45, 2.75) is 6.42 Å². The average molecular weight is 192 g/mol. The fourth-order valence-electron chi connectivity index (χ4n) is 1.32. The van der Waals surface area contributed by atoms with E-state index in [1.54, 1.807) is 13.3 Å². The molecule has 5 heteroatoms. The van der Waals surface area contributed by atoms with Crippen LogP contribution in [0, 0.1) is 0 Å². The van der Waals surface area contributed by atoms with Gasteiger partial charge in [-0.05, 0) is 6.07 Å². The van der Waals surface area contributed by atoms with Crippen LogP contribution >= 0.6 is 0 Å². The van der Waals surface area contributed by atoms with Gasteiger partial charge in [0.05, 0.1) is 12.0 Å². The van der Waals surface area contributed by atoms with Crippen molar-refractivity contribution >= 4 is 16.9 Å². The molecule has 2 rings (SSSR count). The number of nitrogen functional groups attached to an aromatic ring is 1. The molecular formula is C9H12N4O. The monoisotopic (exact) mass is 192 g/mol. The number of aromatic amines is 1. The maximum Gasteiger partial charge on any atom is 0.143 e. The number of aromatic nitrogens is 3. The molecule has 0 spiro atoms. The van der Waals surface area contributed by atoms with E-state index < -0.39 is 0 Å². The quantitative estimate of drug-likeness (QED) is 0.751. The maximum absolute atomic E-state index is 5.76. The van der Waals surface area contributed by atoms with Crippen LogP contribution in [0.1, 0.15) is 5.82 Å². The summed E-state index contributed by atoms with van der Waals surface area (Å²) in [7, 11) is 1.65. The molecule has 0 saturated carbocycles. The highest BCUT2D eigenvalue weighted by atomic mass is 16.5. The molecule has 0 amide bonds. The highest BCUT2D eigenvalue weighted by Crippen LogP contribution is 2.15. The van der Waals surface area contributed by atoms with Gasteiger partial charge in [0.15, 0.2) is 0 Å². The second-order valence-corrected chi connectivity index (χ2v) is 3.01. The first-order valence-corrected chi connectivity index (χ1v) is 4.39. The molecule has 0 unspecified atom stereocenters. The van der Waals surface area contributed by atoms with Crippen molar-refractivity contribution in [3.63, 3.8) is 0 Å². The Morgan fingerprint density at radius 1 is 1.50 bits per heavy atom. The number of nitrogens with two attached hydrogens (primary N) is 1. The van der Waals surface area contributed by atoms with Gasteiger partial charge in [0.1, 0.15) is 17.3 Å². The summed E-state index contributed by atoms with van der Waals surface area (Å²) in [5.41, 5.74) is 6.54. The Kier molecular flexibility index (Phi) is 2.32. The maximum atomic E-state index is 5.76. The summed E-state index contributed by atoms with van der Waals surface area (Å²) < 4.78 is 4.95. The van der Waals surface area contributed by atoms with Gasteiger partial charge in [0, 0.05) is 19.7 Å². The minimum atomic E-state index is 0.516. The van der Waals surface area contributed by atoms with Gasteiger partial charge in [0.25, 0.3) is 0 Å². The molecule has 0 aliphatic heterocycles. The van der Waals surface area contributed by atoms with E-state index >= 15 is 0 Å². The SMILES string of the molecule is COCCc1nc(N)c2cc[nH]c2n1. The van der Waals surface area contributed by atoms with Gasteiger partial charge in [-0.2, -0.15) is 0 Å². The Bertz CT molecular complexity index is 437. The number of anilines is 1. The Balaban J connectivity index is 2.38. The van der Waals surface area contributed by atoms with Crippen molar-refractivity contribution in [3.05, 3.63) is 18.1 Å². The molecule has 0 fully saturated rings. The molecule has 0 bridgehead atoms. The lowest BCUT2D eigenvalue weighted by Gasteiger charge is -2.01. The van der Waals surface area contributed by atoms with Crippen molar-refractivity contribution < 1.29 is 4.74 Å². The summed E-state index contributed by atoms with van der Waals surface area (Å²) in [5, 5.41) is 0.867. The van der Waals surface area contributed by atoms with E-state index in [1.807, 2.05) is 6.07 Å². The van der Waals surface area contributed by atoms with Gasteiger partial charge < -0.3 is 15.5 Å². The van der Waals surface area contributed by atoms with Crippen LogP contribution in [0.25, 0.3) is 11.0 Å². The molecule has 0 saturated heterocycles. The van der Waals surface area contributed by atoms with Crippen molar-refractivity contribution in [1.82, 2.24) is 15.0 Å². The summed E-state index contributed by atoms with van der Waals surface area (Å²) in [4.78, 5) is 11.5. The largest absolute Gasteiger partial charge is 0.384 e. The van der Waals surface area contributed by atoms with Crippen molar-refractivity contribution in [1.29, 1.82) is 0 Å². The molecule has 0 aliphatic rings. The molecule has 5 nitrogen and oxygen atoms in total. The van der Waals surface area contributed by atoms with Gasteiger partial charge in [-0.3, -0.25) is 0 Å². The summed E-state index contributed by atoms with van der Waals surface area (Å²) in [6.07, 6.45) is 2.48. The smallest absolute Gasteiger partial charge is 0.143 e. The molecule has 2 heterocycles. The van der Waals surface area contributed by atoms with Gasteiger partial charge >= 0.3 is 0 Å². The second-order valence-electron chi connectivity index (χ2n) is 3.01. The highest BCUT2D eigenvalue weighted by molar-refractivity contribution is 5.85. The topological polar surface area (TPSA) is 76.8 Å². The van der Waals surface area contributed by atoms with Gasteiger partial charge in [-0.15, -0.1) is 0 Å². The highest BCUT2D eigenvalue weighted by Gasteiger charge is 2.04. The summed E-state index contributed by atoms with van der Waals surface area (Å²) in [5.74, 6) is 1.22. The third-order valence-corrected chi connectivity index (χ3v) is 2.02. The minimum absolute atomic E-state index is 0.516. The Morgan fingerprint density at radius 2 is 2.36 bits per heavy atom. The van der Waals surface area contributed by atoms with E-state index in [0.29, 0.717) is 24.7 Å². The first-order valence-electron chi connectivity index (χ1n) is 4.39. The van der Waals surface area contributed by atoms with E-state index in [4.69, 9.17) is 10.5 Å². The molecule has 74 valence electrons. The van der Waals surface area contributed by atoms with E-state index in [0.717, 1.165) is 11.0 Å². The fourth-order valence-corrected chi connectivity index (χ4v) is 1.32. The number of H-pyrrole nitrogens is 1. The lowest BCUT2D eigenvalue weighted by atomic mass is 10.3. The van der Waals surface area contributed by atoms with Crippen LogP contribution < -0.4 is 5.73 Å². The third-order valence-electron chi connectivity index (χ3n) is 2.02. The second kappa shape index (κ2) is 3.63. The predicted molar refractivity (Wildman–Crippen MR) is 53.9 cm³/mol. The van der Waals surface area contributed by atoms with Crippen LogP contribution in [0.5, 0.6) is 0 Å². The number of fused-ring (bicyclic) bond motifs is 1. The molecule has 0 atom stereocenters. The van der Waals surface area contributed by atoms with E-state index in [2.05, 4.69) is 15.0 Å². The predicted octanol–water partition coefficient (Wildman–Crippen LogP) is 0.729. The Hall–Kier alpha value is -1.62. The molecule has 0 radical (unpaired) electrons. The zero-order valence-electron chi connectivity index (χ0n) is 7.95. The van der Waals surface area contributed by atoms with Crippen LogP contribution in [-0.4, -0.2) is 28.7 Å².